The van der Waals surface area contributed by atoms with Gasteiger partial charge in [0.25, 0.3) is 0 Å². The Kier molecular flexibility index (Phi) is 3.43. The fourth-order valence-electron chi connectivity index (χ4n) is 4.38. The van der Waals surface area contributed by atoms with Gasteiger partial charge in [0.15, 0.2) is 0 Å². The Morgan fingerprint density at radius 1 is 1.09 bits per heavy atom. The molecule has 6 heteroatoms. The van der Waals surface area contributed by atoms with E-state index in [1.807, 2.05) is 12.2 Å². The van der Waals surface area contributed by atoms with E-state index in [4.69, 9.17) is 23.2 Å². The molecule has 4 aliphatic rings. The van der Waals surface area contributed by atoms with Gasteiger partial charge in [0.05, 0.1) is 22.5 Å². The van der Waals surface area contributed by atoms with E-state index in [9.17, 15) is 14.7 Å². The fraction of sp³-hybridized carbons (Fsp3) is 0.412. The number of halogens is 2. The summed E-state index contributed by atoms with van der Waals surface area (Å²) >= 11 is 12.0. The lowest BCUT2D eigenvalue weighted by Gasteiger charge is -2.41. The van der Waals surface area contributed by atoms with Gasteiger partial charge in [0, 0.05) is 5.02 Å². The first-order valence-electron chi connectivity index (χ1n) is 7.64. The highest BCUT2D eigenvalue weighted by atomic mass is 35.5. The van der Waals surface area contributed by atoms with Crippen LogP contribution >= 0.6 is 23.2 Å². The van der Waals surface area contributed by atoms with Crippen LogP contribution in [0, 0.1) is 35.5 Å². The van der Waals surface area contributed by atoms with Crippen molar-refractivity contribution in [2.45, 2.75) is 6.42 Å². The van der Waals surface area contributed by atoms with E-state index in [-0.39, 0.29) is 17.7 Å². The van der Waals surface area contributed by atoms with E-state index in [2.05, 4.69) is 5.32 Å². The second-order valence-electron chi connectivity index (χ2n) is 6.61. The average Bonchev–Trinajstić information content (AvgIpc) is 3.32. The van der Waals surface area contributed by atoms with E-state index >= 15 is 0 Å². The SMILES string of the molecule is O=C(O)C1C2C=CC(C3CC23)C1C(=O)Nc1cc(Cl)ccc1Cl. The monoisotopic (exact) mass is 351 g/mol. The van der Waals surface area contributed by atoms with Crippen molar-refractivity contribution in [3.05, 3.63) is 40.4 Å². The molecule has 0 radical (unpaired) electrons. The predicted octanol–water partition coefficient (Wildman–Crippen LogP) is 3.70. The van der Waals surface area contributed by atoms with Crippen LogP contribution in [0.1, 0.15) is 6.42 Å². The van der Waals surface area contributed by atoms with E-state index in [1.54, 1.807) is 18.2 Å². The molecule has 0 spiro atoms. The van der Waals surface area contributed by atoms with E-state index in [0.717, 1.165) is 6.42 Å². The molecule has 2 bridgehead atoms. The molecule has 4 aliphatic carbocycles. The third kappa shape index (κ3) is 2.36. The molecule has 2 saturated carbocycles. The van der Waals surface area contributed by atoms with Crippen molar-refractivity contribution in [3.8, 4) is 0 Å². The van der Waals surface area contributed by atoms with Crippen LogP contribution in [0.3, 0.4) is 0 Å². The molecule has 2 N–H and O–H groups in total. The average molecular weight is 352 g/mol. The lowest BCUT2D eigenvalue weighted by atomic mass is 9.62. The van der Waals surface area contributed by atoms with Gasteiger partial charge in [0.2, 0.25) is 5.91 Å². The van der Waals surface area contributed by atoms with Crippen LogP contribution < -0.4 is 5.32 Å². The normalized spacial score (nSPS) is 36.4. The molecule has 0 aliphatic heterocycles. The molecule has 1 aromatic rings. The van der Waals surface area contributed by atoms with Gasteiger partial charge < -0.3 is 10.4 Å². The molecule has 0 saturated heterocycles. The van der Waals surface area contributed by atoms with Gasteiger partial charge in [-0.25, -0.2) is 0 Å². The molecular weight excluding hydrogens is 337 g/mol. The lowest BCUT2D eigenvalue weighted by Crippen LogP contribution is -2.48. The maximum Gasteiger partial charge on any atom is 0.307 e. The topological polar surface area (TPSA) is 66.4 Å². The zero-order chi connectivity index (χ0) is 16.3. The molecule has 1 amide bonds. The van der Waals surface area contributed by atoms with Crippen molar-refractivity contribution in [2.24, 2.45) is 35.5 Å². The molecule has 0 aromatic heterocycles. The Morgan fingerprint density at radius 2 is 1.74 bits per heavy atom. The fourth-order valence-corrected chi connectivity index (χ4v) is 4.72. The van der Waals surface area contributed by atoms with Gasteiger partial charge in [-0.15, -0.1) is 0 Å². The van der Waals surface area contributed by atoms with Gasteiger partial charge >= 0.3 is 5.97 Å². The smallest absolute Gasteiger partial charge is 0.307 e. The summed E-state index contributed by atoms with van der Waals surface area (Å²) in [7, 11) is 0. The number of allylic oxidation sites excluding steroid dienone is 2. The number of hydrogen-bond donors (Lipinski definition) is 2. The molecule has 5 rings (SSSR count). The first-order valence-corrected chi connectivity index (χ1v) is 8.40. The summed E-state index contributed by atoms with van der Waals surface area (Å²) in [4.78, 5) is 24.5. The largest absolute Gasteiger partial charge is 0.481 e. The molecule has 120 valence electrons. The molecule has 0 heterocycles. The van der Waals surface area contributed by atoms with Gasteiger partial charge in [-0.05, 0) is 48.3 Å². The number of anilines is 1. The van der Waals surface area contributed by atoms with E-state index in [0.29, 0.717) is 27.6 Å². The number of carboxylic acids is 1. The lowest BCUT2D eigenvalue weighted by molar-refractivity contribution is -0.152. The summed E-state index contributed by atoms with van der Waals surface area (Å²) in [6, 6.07) is 4.83. The van der Waals surface area contributed by atoms with Gasteiger partial charge in [0.1, 0.15) is 0 Å². The third-order valence-electron chi connectivity index (χ3n) is 5.43. The number of aliphatic carboxylic acids is 1. The summed E-state index contributed by atoms with van der Waals surface area (Å²) in [5, 5.41) is 13.2. The highest BCUT2D eigenvalue weighted by Crippen LogP contribution is 2.63. The van der Waals surface area contributed by atoms with Crippen LogP contribution in [-0.2, 0) is 9.59 Å². The molecule has 6 unspecified atom stereocenters. The Labute approximate surface area is 143 Å². The van der Waals surface area contributed by atoms with Crippen LogP contribution in [-0.4, -0.2) is 17.0 Å². The first-order chi connectivity index (χ1) is 11.0. The molecular formula is C17H15Cl2NO3. The van der Waals surface area contributed by atoms with Crippen molar-refractivity contribution in [1.29, 1.82) is 0 Å². The number of carbonyl (C=O) groups is 2. The summed E-state index contributed by atoms with van der Waals surface area (Å²) in [6.07, 6.45) is 5.05. The molecule has 1 aromatic carbocycles. The second-order valence-corrected chi connectivity index (χ2v) is 7.45. The number of amides is 1. The van der Waals surface area contributed by atoms with Crippen molar-refractivity contribution in [2.75, 3.05) is 5.32 Å². The summed E-state index contributed by atoms with van der Waals surface area (Å²) in [5.41, 5.74) is 0.422. The van der Waals surface area contributed by atoms with Crippen LogP contribution in [0.25, 0.3) is 0 Å². The van der Waals surface area contributed by atoms with Crippen molar-refractivity contribution in [3.63, 3.8) is 0 Å². The number of hydrogen-bond acceptors (Lipinski definition) is 2. The highest BCUT2D eigenvalue weighted by molar-refractivity contribution is 6.35. The Morgan fingerprint density at radius 3 is 2.39 bits per heavy atom. The van der Waals surface area contributed by atoms with Crippen LogP contribution in [0.5, 0.6) is 0 Å². The van der Waals surface area contributed by atoms with Crippen molar-refractivity contribution < 1.29 is 14.7 Å². The minimum absolute atomic E-state index is 0.00376. The maximum atomic E-state index is 12.8. The minimum Gasteiger partial charge on any atom is -0.481 e. The van der Waals surface area contributed by atoms with Crippen molar-refractivity contribution >= 4 is 40.8 Å². The number of fused-ring (bicyclic) bond motifs is 1. The number of carboxylic acid groups (broad SMARTS) is 1. The summed E-state index contributed by atoms with van der Waals surface area (Å²) in [5.74, 6) is -1.54. The quantitative estimate of drug-likeness (QED) is 0.816. The molecule has 4 nitrogen and oxygen atoms in total. The van der Waals surface area contributed by atoms with Gasteiger partial charge in [-0.2, -0.15) is 0 Å². The van der Waals surface area contributed by atoms with Crippen LogP contribution in [0.15, 0.2) is 30.4 Å². The Balaban J connectivity index is 1.63. The number of rotatable bonds is 3. The molecule has 23 heavy (non-hydrogen) atoms. The first kappa shape index (κ1) is 15.0. The maximum absolute atomic E-state index is 12.8. The predicted molar refractivity (Wildman–Crippen MR) is 87.4 cm³/mol. The van der Waals surface area contributed by atoms with E-state index < -0.39 is 17.8 Å². The van der Waals surface area contributed by atoms with Crippen LogP contribution in [0.2, 0.25) is 10.0 Å². The van der Waals surface area contributed by atoms with E-state index in [1.165, 1.54) is 0 Å². The Bertz CT molecular complexity index is 733. The standard InChI is InChI=1S/C17H15Cl2NO3/c18-7-1-4-12(19)13(5-7)20-16(21)14-8-2-3-9(11-6-10(8)11)15(14)17(22)23/h1-5,8-11,14-15H,6H2,(H,20,21)(H,22,23). The zero-order valence-electron chi connectivity index (χ0n) is 12.1. The number of benzene rings is 1. The molecule has 2 fully saturated rings. The highest BCUT2D eigenvalue weighted by Gasteiger charge is 2.62. The Hall–Kier alpha value is -1.52. The second kappa shape index (κ2) is 5.25. The van der Waals surface area contributed by atoms with Crippen LogP contribution in [0.4, 0.5) is 5.69 Å². The zero-order valence-corrected chi connectivity index (χ0v) is 13.6. The number of nitrogens with one attached hydrogen (secondary N) is 1. The third-order valence-corrected chi connectivity index (χ3v) is 5.99. The summed E-state index contributed by atoms with van der Waals surface area (Å²) in [6.45, 7) is 0. The van der Waals surface area contributed by atoms with Gasteiger partial charge in [-0.3, -0.25) is 9.59 Å². The molecule has 6 atom stereocenters. The minimum atomic E-state index is -0.896. The van der Waals surface area contributed by atoms with Gasteiger partial charge in [-0.1, -0.05) is 35.4 Å². The van der Waals surface area contributed by atoms with Crippen molar-refractivity contribution in [1.82, 2.24) is 0 Å². The number of carbonyl (C=O) groups excluding carboxylic acids is 1. The summed E-state index contributed by atoms with van der Waals surface area (Å²) < 4.78 is 0.